The number of nitrogens with zero attached hydrogens (tertiary/aromatic N) is 1. The Morgan fingerprint density at radius 1 is 1.03 bits per heavy atom. The summed E-state index contributed by atoms with van der Waals surface area (Å²) in [6.07, 6.45) is 0. The number of carbonyl (C=O) groups is 2. The van der Waals surface area contributed by atoms with Crippen molar-refractivity contribution in [1.82, 2.24) is 10.2 Å². The molecule has 7 heteroatoms. The number of ether oxygens (including phenoxy) is 3. The van der Waals surface area contributed by atoms with E-state index in [0.717, 1.165) is 11.1 Å². The molecule has 0 spiro atoms. The topological polar surface area (TPSA) is 77.1 Å². The van der Waals surface area contributed by atoms with Gasteiger partial charge in [0.2, 0.25) is 11.8 Å². The molecule has 2 aromatic rings. The van der Waals surface area contributed by atoms with E-state index in [0.29, 0.717) is 31.1 Å². The lowest BCUT2D eigenvalue weighted by molar-refractivity contribution is -0.134. The van der Waals surface area contributed by atoms with Gasteiger partial charge in [0.25, 0.3) is 0 Å². The summed E-state index contributed by atoms with van der Waals surface area (Å²) in [5.41, 5.74) is 1.90. The molecular formula is C23H28N2O5. The number of benzene rings is 2. The fourth-order valence-electron chi connectivity index (χ4n) is 3.84. The zero-order valence-corrected chi connectivity index (χ0v) is 17.6. The molecule has 1 fully saturated rings. The fourth-order valence-corrected chi connectivity index (χ4v) is 3.84. The number of hydrogen-bond donors (Lipinski definition) is 1. The molecule has 0 unspecified atom stereocenters. The minimum Gasteiger partial charge on any atom is -0.497 e. The molecule has 30 heavy (non-hydrogen) atoms. The van der Waals surface area contributed by atoms with Crippen molar-refractivity contribution < 1.29 is 23.8 Å². The minimum atomic E-state index is -0.392. The Balaban J connectivity index is 1.83. The molecule has 2 aromatic carbocycles. The lowest BCUT2D eigenvalue weighted by Crippen LogP contribution is -2.36. The molecule has 0 bridgehead atoms. The van der Waals surface area contributed by atoms with Crippen LogP contribution in [0.3, 0.4) is 0 Å². The summed E-state index contributed by atoms with van der Waals surface area (Å²) in [4.78, 5) is 27.2. The van der Waals surface area contributed by atoms with Crippen LogP contribution in [0.25, 0.3) is 0 Å². The number of amides is 2. The van der Waals surface area contributed by atoms with Crippen LogP contribution < -0.4 is 14.8 Å². The molecule has 160 valence electrons. The highest BCUT2D eigenvalue weighted by atomic mass is 16.5. The average molecular weight is 412 g/mol. The van der Waals surface area contributed by atoms with Gasteiger partial charge in [-0.15, -0.1) is 0 Å². The molecule has 1 N–H and O–H groups in total. The predicted molar refractivity (Wildman–Crippen MR) is 113 cm³/mol. The van der Waals surface area contributed by atoms with Gasteiger partial charge in [-0.25, -0.2) is 0 Å². The number of hydrogen-bond acceptors (Lipinski definition) is 5. The van der Waals surface area contributed by atoms with E-state index in [1.54, 1.807) is 25.2 Å². The highest BCUT2D eigenvalue weighted by Gasteiger charge is 2.41. The summed E-state index contributed by atoms with van der Waals surface area (Å²) in [5.74, 6) is 0.509. The van der Waals surface area contributed by atoms with Gasteiger partial charge >= 0.3 is 0 Å². The van der Waals surface area contributed by atoms with Crippen LogP contribution in [0, 0.1) is 5.92 Å². The quantitative estimate of drug-likeness (QED) is 0.719. The van der Waals surface area contributed by atoms with Crippen LogP contribution in [-0.2, 0) is 20.9 Å². The van der Waals surface area contributed by atoms with Gasteiger partial charge in [-0.2, -0.15) is 0 Å². The van der Waals surface area contributed by atoms with E-state index in [4.69, 9.17) is 14.2 Å². The monoisotopic (exact) mass is 412 g/mol. The van der Waals surface area contributed by atoms with Gasteiger partial charge in [-0.05, 0) is 11.6 Å². The summed E-state index contributed by atoms with van der Waals surface area (Å²) in [5, 5.41) is 3.02. The van der Waals surface area contributed by atoms with Gasteiger partial charge in [-0.1, -0.05) is 36.4 Å². The molecular weight excluding hydrogens is 384 g/mol. The van der Waals surface area contributed by atoms with Crippen molar-refractivity contribution in [3.05, 3.63) is 59.7 Å². The van der Waals surface area contributed by atoms with E-state index >= 15 is 0 Å². The maximum Gasteiger partial charge on any atom is 0.248 e. The summed E-state index contributed by atoms with van der Waals surface area (Å²) < 4.78 is 15.8. The number of methoxy groups -OCH3 is 3. The van der Waals surface area contributed by atoms with Crippen molar-refractivity contribution in [3.63, 3.8) is 0 Å². The highest BCUT2D eigenvalue weighted by molar-refractivity contribution is 5.84. The van der Waals surface area contributed by atoms with E-state index in [1.165, 1.54) is 7.11 Å². The second kappa shape index (κ2) is 10.1. The summed E-state index contributed by atoms with van der Waals surface area (Å²) in [6.45, 7) is 1.19. The standard InChI is InChI=1S/C23H28N2O5/c1-28-15-22(26)25-13-19(18-10-9-17(29-2)11-21(18)30-3)20(14-25)23(27)24-12-16-7-5-4-6-8-16/h4-11,19-20H,12-15H2,1-3H3,(H,24,27)/t19-,20+/m0/s1. The van der Waals surface area contributed by atoms with Crippen LogP contribution in [-0.4, -0.2) is 57.7 Å². The van der Waals surface area contributed by atoms with Crippen LogP contribution in [0.5, 0.6) is 11.5 Å². The SMILES string of the molecule is COCC(=O)N1C[C@@H](C(=O)NCc2ccccc2)[C@H](c2ccc(OC)cc2OC)C1. The van der Waals surface area contributed by atoms with E-state index in [-0.39, 0.29) is 24.3 Å². The summed E-state index contributed by atoms with van der Waals surface area (Å²) in [7, 11) is 4.67. The molecule has 2 amide bonds. The first-order chi connectivity index (χ1) is 14.6. The summed E-state index contributed by atoms with van der Waals surface area (Å²) >= 11 is 0. The first kappa shape index (κ1) is 21.6. The lowest BCUT2D eigenvalue weighted by Gasteiger charge is -2.21. The van der Waals surface area contributed by atoms with Crippen LogP contribution >= 0.6 is 0 Å². The smallest absolute Gasteiger partial charge is 0.248 e. The Bertz CT molecular complexity index is 871. The zero-order valence-electron chi connectivity index (χ0n) is 17.6. The van der Waals surface area contributed by atoms with Crippen LogP contribution in [0.1, 0.15) is 17.0 Å². The van der Waals surface area contributed by atoms with Gasteiger partial charge < -0.3 is 24.4 Å². The average Bonchev–Trinajstić information content (AvgIpc) is 3.23. The molecule has 7 nitrogen and oxygen atoms in total. The Hall–Kier alpha value is -3.06. The van der Waals surface area contributed by atoms with Crippen molar-refractivity contribution in [2.24, 2.45) is 5.92 Å². The molecule has 1 heterocycles. The first-order valence-electron chi connectivity index (χ1n) is 9.87. The predicted octanol–water partition coefficient (Wildman–Crippen LogP) is 2.21. The van der Waals surface area contributed by atoms with Crippen molar-refractivity contribution >= 4 is 11.8 Å². The molecule has 0 radical (unpaired) electrons. The number of carbonyl (C=O) groups excluding carboxylic acids is 2. The molecule has 0 aromatic heterocycles. The van der Waals surface area contributed by atoms with Crippen molar-refractivity contribution in [1.29, 1.82) is 0 Å². The van der Waals surface area contributed by atoms with Crippen LogP contribution in [0.2, 0.25) is 0 Å². The minimum absolute atomic E-state index is 0.00911. The normalized spacial score (nSPS) is 18.2. The molecule has 1 aliphatic heterocycles. The van der Waals surface area contributed by atoms with Crippen LogP contribution in [0.4, 0.5) is 0 Å². The molecule has 0 aliphatic carbocycles. The Morgan fingerprint density at radius 3 is 2.47 bits per heavy atom. The highest BCUT2D eigenvalue weighted by Crippen LogP contribution is 2.39. The van der Waals surface area contributed by atoms with Crippen LogP contribution in [0.15, 0.2) is 48.5 Å². The van der Waals surface area contributed by atoms with Crippen molar-refractivity contribution in [3.8, 4) is 11.5 Å². The number of rotatable bonds is 8. The Morgan fingerprint density at radius 2 is 1.80 bits per heavy atom. The van der Waals surface area contributed by atoms with Gasteiger partial charge in [0.15, 0.2) is 0 Å². The molecule has 2 atom stereocenters. The largest absolute Gasteiger partial charge is 0.497 e. The zero-order chi connectivity index (χ0) is 21.5. The Labute approximate surface area is 176 Å². The third-order valence-electron chi connectivity index (χ3n) is 5.43. The molecule has 0 saturated carbocycles. The first-order valence-corrected chi connectivity index (χ1v) is 9.87. The van der Waals surface area contributed by atoms with E-state index in [2.05, 4.69) is 5.32 Å². The number of nitrogens with one attached hydrogen (secondary N) is 1. The summed E-state index contributed by atoms with van der Waals surface area (Å²) in [6, 6.07) is 15.3. The van der Waals surface area contributed by atoms with E-state index < -0.39 is 5.92 Å². The van der Waals surface area contributed by atoms with Gasteiger partial charge in [0, 0.05) is 44.3 Å². The number of likely N-dealkylation sites (tertiary alicyclic amines) is 1. The van der Waals surface area contributed by atoms with E-state index in [1.807, 2.05) is 42.5 Å². The molecule has 1 saturated heterocycles. The lowest BCUT2D eigenvalue weighted by atomic mass is 9.87. The van der Waals surface area contributed by atoms with E-state index in [9.17, 15) is 9.59 Å². The van der Waals surface area contributed by atoms with Gasteiger partial charge in [0.05, 0.1) is 20.1 Å². The second-order valence-electron chi connectivity index (χ2n) is 7.26. The second-order valence-corrected chi connectivity index (χ2v) is 7.26. The van der Waals surface area contributed by atoms with Crippen molar-refractivity contribution in [2.75, 3.05) is 41.0 Å². The maximum absolute atomic E-state index is 13.1. The van der Waals surface area contributed by atoms with Gasteiger partial charge in [-0.3, -0.25) is 9.59 Å². The third kappa shape index (κ3) is 4.91. The van der Waals surface area contributed by atoms with Gasteiger partial charge in [0.1, 0.15) is 18.1 Å². The fraction of sp³-hybridized carbons (Fsp3) is 0.391. The third-order valence-corrected chi connectivity index (χ3v) is 5.43. The maximum atomic E-state index is 13.1. The molecule has 1 aliphatic rings. The van der Waals surface area contributed by atoms with Crippen molar-refractivity contribution in [2.45, 2.75) is 12.5 Å². The Kier molecular flexibility index (Phi) is 7.30. The molecule has 3 rings (SSSR count).